The first-order chi connectivity index (χ1) is 9.74. The predicted molar refractivity (Wildman–Crippen MR) is 83.3 cm³/mol. The van der Waals surface area contributed by atoms with Crippen molar-refractivity contribution in [2.75, 3.05) is 18.6 Å². The van der Waals surface area contributed by atoms with E-state index in [0.29, 0.717) is 0 Å². The van der Waals surface area contributed by atoms with Crippen molar-refractivity contribution in [3.8, 4) is 17.1 Å². The maximum Gasteiger partial charge on any atom is 0.134 e. The van der Waals surface area contributed by atoms with Crippen LogP contribution in [0.25, 0.3) is 11.3 Å². The van der Waals surface area contributed by atoms with Crippen LogP contribution in [0, 0.1) is 6.92 Å². The lowest BCUT2D eigenvalue weighted by Crippen LogP contribution is -1.98. The van der Waals surface area contributed by atoms with Crippen molar-refractivity contribution in [2.24, 2.45) is 0 Å². The van der Waals surface area contributed by atoms with E-state index >= 15 is 0 Å². The highest BCUT2D eigenvalue weighted by molar-refractivity contribution is 7.98. The van der Waals surface area contributed by atoms with Crippen LogP contribution in [0.15, 0.2) is 34.7 Å². The molecular weight excluding hydrogens is 272 g/mol. The molecule has 0 fully saturated rings. The van der Waals surface area contributed by atoms with E-state index in [0.717, 1.165) is 47.2 Å². The normalized spacial score (nSPS) is 10.8. The SMILES string of the molecule is CSCCCOc1ccc(-c2cc(CO)c(C)o2)cc1. The summed E-state index contributed by atoms with van der Waals surface area (Å²) in [6.07, 6.45) is 3.15. The van der Waals surface area contributed by atoms with Crippen LogP contribution < -0.4 is 4.74 Å². The molecule has 0 unspecified atom stereocenters. The first kappa shape index (κ1) is 15.0. The Morgan fingerprint density at radius 3 is 2.60 bits per heavy atom. The Kier molecular flexibility index (Phi) is 5.56. The Bertz CT molecular complexity index is 531. The van der Waals surface area contributed by atoms with Gasteiger partial charge in [0.1, 0.15) is 17.3 Å². The molecule has 1 aromatic heterocycles. The van der Waals surface area contributed by atoms with Gasteiger partial charge in [-0.25, -0.2) is 0 Å². The van der Waals surface area contributed by atoms with Crippen molar-refractivity contribution in [1.82, 2.24) is 0 Å². The van der Waals surface area contributed by atoms with Crippen molar-refractivity contribution in [3.05, 3.63) is 41.7 Å². The van der Waals surface area contributed by atoms with Gasteiger partial charge in [-0.3, -0.25) is 0 Å². The second-order valence-corrected chi connectivity index (χ2v) is 5.55. The van der Waals surface area contributed by atoms with Gasteiger partial charge in [0.15, 0.2) is 0 Å². The fraction of sp³-hybridized carbons (Fsp3) is 0.375. The monoisotopic (exact) mass is 292 g/mol. The smallest absolute Gasteiger partial charge is 0.134 e. The molecule has 0 amide bonds. The first-order valence-corrected chi connectivity index (χ1v) is 8.06. The first-order valence-electron chi connectivity index (χ1n) is 6.67. The minimum absolute atomic E-state index is 0.00592. The topological polar surface area (TPSA) is 42.6 Å². The fourth-order valence-corrected chi connectivity index (χ4v) is 2.33. The summed E-state index contributed by atoms with van der Waals surface area (Å²) in [4.78, 5) is 0. The van der Waals surface area contributed by atoms with Gasteiger partial charge in [0.25, 0.3) is 0 Å². The lowest BCUT2D eigenvalue weighted by atomic mass is 10.1. The molecule has 0 atom stereocenters. The van der Waals surface area contributed by atoms with E-state index in [4.69, 9.17) is 9.15 Å². The maximum atomic E-state index is 9.18. The number of furan rings is 1. The fourth-order valence-electron chi connectivity index (χ4n) is 1.93. The molecule has 1 N–H and O–H groups in total. The number of aryl methyl sites for hydroxylation is 1. The van der Waals surface area contributed by atoms with E-state index in [9.17, 15) is 5.11 Å². The van der Waals surface area contributed by atoms with Gasteiger partial charge in [0.2, 0.25) is 0 Å². The van der Waals surface area contributed by atoms with Gasteiger partial charge in [-0.05, 0) is 55.7 Å². The number of hydrogen-bond donors (Lipinski definition) is 1. The number of ether oxygens (including phenoxy) is 1. The zero-order chi connectivity index (χ0) is 14.4. The predicted octanol–water partition coefficient (Wildman–Crippen LogP) is 3.88. The quantitative estimate of drug-likeness (QED) is 0.786. The van der Waals surface area contributed by atoms with Crippen LogP contribution >= 0.6 is 11.8 Å². The molecule has 0 spiro atoms. The Morgan fingerprint density at radius 1 is 1.25 bits per heavy atom. The summed E-state index contributed by atoms with van der Waals surface area (Å²) in [6.45, 7) is 2.61. The molecule has 0 saturated heterocycles. The molecule has 4 heteroatoms. The van der Waals surface area contributed by atoms with Crippen molar-refractivity contribution < 1.29 is 14.3 Å². The Balaban J connectivity index is 2.00. The molecule has 20 heavy (non-hydrogen) atoms. The van der Waals surface area contributed by atoms with E-state index in [2.05, 4.69) is 6.26 Å². The van der Waals surface area contributed by atoms with Crippen LogP contribution in [-0.4, -0.2) is 23.7 Å². The number of rotatable bonds is 7. The van der Waals surface area contributed by atoms with Gasteiger partial charge in [-0.2, -0.15) is 11.8 Å². The van der Waals surface area contributed by atoms with Crippen LogP contribution in [0.2, 0.25) is 0 Å². The summed E-state index contributed by atoms with van der Waals surface area (Å²) in [5, 5.41) is 9.18. The molecule has 108 valence electrons. The minimum Gasteiger partial charge on any atom is -0.494 e. The number of aliphatic hydroxyl groups excluding tert-OH is 1. The van der Waals surface area contributed by atoms with Crippen molar-refractivity contribution in [1.29, 1.82) is 0 Å². The Labute approximate surface area is 124 Å². The van der Waals surface area contributed by atoms with Crippen LogP contribution in [0.3, 0.4) is 0 Å². The third-order valence-electron chi connectivity index (χ3n) is 3.09. The van der Waals surface area contributed by atoms with Gasteiger partial charge in [-0.15, -0.1) is 0 Å². The zero-order valence-electron chi connectivity index (χ0n) is 11.9. The molecule has 0 aliphatic carbocycles. The summed E-state index contributed by atoms with van der Waals surface area (Å²) >= 11 is 1.83. The van der Waals surface area contributed by atoms with Crippen LogP contribution in [0.5, 0.6) is 5.75 Å². The highest BCUT2D eigenvalue weighted by atomic mass is 32.2. The summed E-state index contributed by atoms with van der Waals surface area (Å²) in [5.41, 5.74) is 1.82. The van der Waals surface area contributed by atoms with Crippen LogP contribution in [-0.2, 0) is 6.61 Å². The van der Waals surface area contributed by atoms with Crippen molar-refractivity contribution in [2.45, 2.75) is 20.0 Å². The summed E-state index contributed by atoms with van der Waals surface area (Å²) in [6, 6.07) is 9.73. The molecule has 0 radical (unpaired) electrons. The van der Waals surface area contributed by atoms with E-state index < -0.39 is 0 Å². The van der Waals surface area contributed by atoms with Gasteiger partial charge in [0, 0.05) is 11.1 Å². The zero-order valence-corrected chi connectivity index (χ0v) is 12.7. The largest absolute Gasteiger partial charge is 0.494 e. The Morgan fingerprint density at radius 2 is 2.00 bits per heavy atom. The van der Waals surface area contributed by atoms with E-state index in [-0.39, 0.29) is 6.61 Å². The molecular formula is C16H20O3S. The second-order valence-electron chi connectivity index (χ2n) is 4.57. The third kappa shape index (κ3) is 3.81. The third-order valence-corrected chi connectivity index (χ3v) is 3.79. The molecule has 0 aliphatic heterocycles. The molecule has 2 aromatic rings. The summed E-state index contributed by atoms with van der Waals surface area (Å²) in [7, 11) is 0. The Hall–Kier alpha value is -1.39. The molecule has 3 nitrogen and oxygen atoms in total. The summed E-state index contributed by atoms with van der Waals surface area (Å²) in [5.74, 6) is 3.54. The summed E-state index contributed by atoms with van der Waals surface area (Å²) < 4.78 is 11.3. The number of hydrogen-bond acceptors (Lipinski definition) is 4. The highest BCUT2D eigenvalue weighted by Crippen LogP contribution is 2.27. The molecule has 1 aromatic carbocycles. The number of aliphatic hydroxyl groups is 1. The standard InChI is InChI=1S/C16H20O3S/c1-12-14(11-17)10-16(19-12)13-4-6-15(7-5-13)18-8-3-9-20-2/h4-7,10,17H,3,8-9,11H2,1-2H3. The lowest BCUT2D eigenvalue weighted by Gasteiger charge is -2.06. The van der Waals surface area contributed by atoms with Crippen LogP contribution in [0.1, 0.15) is 17.7 Å². The van der Waals surface area contributed by atoms with E-state index in [1.807, 2.05) is 49.0 Å². The maximum absolute atomic E-state index is 9.18. The van der Waals surface area contributed by atoms with Gasteiger partial charge >= 0.3 is 0 Å². The average molecular weight is 292 g/mol. The second kappa shape index (κ2) is 7.41. The van der Waals surface area contributed by atoms with Gasteiger partial charge in [-0.1, -0.05) is 0 Å². The highest BCUT2D eigenvalue weighted by Gasteiger charge is 2.08. The van der Waals surface area contributed by atoms with Crippen molar-refractivity contribution in [3.63, 3.8) is 0 Å². The minimum atomic E-state index is 0.00592. The van der Waals surface area contributed by atoms with Crippen molar-refractivity contribution >= 4 is 11.8 Å². The molecule has 0 saturated carbocycles. The molecule has 0 bridgehead atoms. The molecule has 0 aliphatic rings. The number of benzene rings is 1. The number of thioether (sulfide) groups is 1. The molecule has 2 rings (SSSR count). The lowest BCUT2D eigenvalue weighted by molar-refractivity contribution is 0.279. The average Bonchev–Trinajstić information content (AvgIpc) is 2.85. The van der Waals surface area contributed by atoms with E-state index in [1.54, 1.807) is 0 Å². The van der Waals surface area contributed by atoms with Crippen LogP contribution in [0.4, 0.5) is 0 Å². The molecule has 1 heterocycles. The van der Waals surface area contributed by atoms with Gasteiger partial charge in [0.05, 0.1) is 13.2 Å². The van der Waals surface area contributed by atoms with E-state index in [1.165, 1.54) is 0 Å². The van der Waals surface area contributed by atoms with Gasteiger partial charge < -0.3 is 14.3 Å².